The van der Waals surface area contributed by atoms with Gasteiger partial charge in [0.25, 0.3) is 0 Å². The lowest BCUT2D eigenvalue weighted by Crippen LogP contribution is -2.38. The molecule has 0 unspecified atom stereocenters. The van der Waals surface area contributed by atoms with Gasteiger partial charge >= 0.3 is 0 Å². The lowest BCUT2D eigenvalue weighted by Gasteiger charge is -2.29. The molecule has 1 aromatic rings. The normalized spacial score (nSPS) is 22.7. The molecule has 2 aliphatic rings. The molecule has 0 atom stereocenters. The van der Waals surface area contributed by atoms with E-state index >= 15 is 0 Å². The molecule has 1 fully saturated rings. The molecule has 1 aromatic heterocycles. The van der Waals surface area contributed by atoms with Crippen LogP contribution in [0.25, 0.3) is 0 Å². The predicted molar refractivity (Wildman–Crippen MR) is 77.2 cm³/mol. The van der Waals surface area contributed by atoms with Crippen molar-refractivity contribution in [3.63, 3.8) is 0 Å². The zero-order valence-electron chi connectivity index (χ0n) is 11.0. The summed E-state index contributed by atoms with van der Waals surface area (Å²) in [5.74, 6) is 0. The van der Waals surface area contributed by atoms with Gasteiger partial charge in [0.2, 0.25) is 0 Å². The molecule has 0 amide bonds. The molecule has 1 saturated heterocycles. The Hall–Kier alpha value is -0.420. The molecular weight excluding hydrogens is 242 g/mol. The van der Waals surface area contributed by atoms with Gasteiger partial charge < -0.3 is 10.2 Å². The van der Waals surface area contributed by atoms with E-state index in [1.54, 1.807) is 10.4 Å². The van der Waals surface area contributed by atoms with Crippen molar-refractivity contribution < 1.29 is 0 Å². The molecule has 0 bridgehead atoms. The van der Waals surface area contributed by atoms with Gasteiger partial charge in [0.15, 0.2) is 0 Å². The summed E-state index contributed by atoms with van der Waals surface area (Å²) in [5.41, 5.74) is 1.57. The summed E-state index contributed by atoms with van der Waals surface area (Å²) in [4.78, 5) is 6.85. The van der Waals surface area contributed by atoms with Crippen LogP contribution in [0.15, 0.2) is 11.4 Å². The van der Waals surface area contributed by atoms with Gasteiger partial charge in [0.1, 0.15) is 0 Å². The monoisotopic (exact) mass is 265 g/mol. The fraction of sp³-hybridized carbons (Fsp3) is 0.714. The molecule has 1 N–H and O–H groups in total. The zero-order valence-corrected chi connectivity index (χ0v) is 11.8. The summed E-state index contributed by atoms with van der Waals surface area (Å²) in [6.45, 7) is 9.73. The quantitative estimate of drug-likeness (QED) is 0.891. The van der Waals surface area contributed by atoms with Crippen LogP contribution < -0.4 is 5.32 Å². The second kappa shape index (κ2) is 6.15. The van der Waals surface area contributed by atoms with Gasteiger partial charge in [0.05, 0.1) is 0 Å². The third kappa shape index (κ3) is 3.12. The number of nitrogens with one attached hydrogen (secondary N) is 1. The third-order valence-electron chi connectivity index (χ3n) is 4.05. The molecule has 4 heteroatoms. The Balaban J connectivity index is 1.46. The van der Waals surface area contributed by atoms with Crippen LogP contribution in [0.2, 0.25) is 0 Å². The van der Waals surface area contributed by atoms with Crippen molar-refractivity contribution in [2.45, 2.75) is 19.4 Å². The van der Waals surface area contributed by atoms with Crippen LogP contribution in [0, 0.1) is 0 Å². The minimum atomic E-state index is 1.16. The zero-order chi connectivity index (χ0) is 12.2. The number of rotatable bonds is 3. The molecule has 0 saturated carbocycles. The van der Waals surface area contributed by atoms with Gasteiger partial charge in [-0.25, -0.2) is 0 Å². The maximum absolute atomic E-state index is 3.47. The van der Waals surface area contributed by atoms with E-state index in [0.29, 0.717) is 0 Å². The second-order valence-electron chi connectivity index (χ2n) is 5.34. The Morgan fingerprint density at radius 3 is 3.06 bits per heavy atom. The Morgan fingerprint density at radius 2 is 2.06 bits per heavy atom. The van der Waals surface area contributed by atoms with Crippen LogP contribution in [0.4, 0.5) is 0 Å². The van der Waals surface area contributed by atoms with Gasteiger partial charge in [-0.15, -0.1) is 11.3 Å². The maximum atomic E-state index is 3.47. The van der Waals surface area contributed by atoms with E-state index in [4.69, 9.17) is 0 Å². The predicted octanol–water partition coefficient (Wildman–Crippen LogP) is 1.40. The van der Waals surface area contributed by atoms with Gasteiger partial charge in [-0.1, -0.05) is 0 Å². The highest BCUT2D eigenvalue weighted by Gasteiger charge is 2.17. The molecular formula is C14H23N3S. The first kappa shape index (κ1) is 12.6. The SMILES string of the molecule is c1cc2c(s1)CCN(CCN1CCCNCC1)C2. The lowest BCUT2D eigenvalue weighted by atomic mass is 10.1. The van der Waals surface area contributed by atoms with Crippen molar-refractivity contribution >= 4 is 11.3 Å². The second-order valence-corrected chi connectivity index (χ2v) is 6.34. The largest absolute Gasteiger partial charge is 0.315 e. The number of hydrogen-bond acceptors (Lipinski definition) is 4. The first-order valence-electron chi connectivity index (χ1n) is 7.12. The molecule has 0 aromatic carbocycles. The number of nitrogens with zero attached hydrogens (tertiary/aromatic N) is 2. The Morgan fingerprint density at radius 1 is 1.11 bits per heavy atom. The average molecular weight is 265 g/mol. The molecule has 0 spiro atoms. The van der Waals surface area contributed by atoms with Gasteiger partial charge in [-0.2, -0.15) is 0 Å². The van der Waals surface area contributed by atoms with Crippen molar-refractivity contribution in [2.24, 2.45) is 0 Å². The van der Waals surface area contributed by atoms with E-state index in [9.17, 15) is 0 Å². The van der Waals surface area contributed by atoms with Crippen LogP contribution in [-0.4, -0.2) is 55.6 Å². The summed E-state index contributed by atoms with van der Waals surface area (Å²) in [6, 6.07) is 2.31. The van der Waals surface area contributed by atoms with Crippen LogP contribution >= 0.6 is 11.3 Å². The average Bonchev–Trinajstić information content (AvgIpc) is 2.70. The number of hydrogen-bond donors (Lipinski definition) is 1. The molecule has 18 heavy (non-hydrogen) atoms. The van der Waals surface area contributed by atoms with Crippen LogP contribution in [-0.2, 0) is 13.0 Å². The Bertz CT molecular complexity index is 369. The molecule has 0 radical (unpaired) electrons. The van der Waals surface area contributed by atoms with E-state index in [-0.39, 0.29) is 0 Å². The van der Waals surface area contributed by atoms with Crippen molar-refractivity contribution in [3.05, 3.63) is 21.9 Å². The lowest BCUT2D eigenvalue weighted by molar-refractivity contribution is 0.199. The first-order valence-corrected chi connectivity index (χ1v) is 8.00. The smallest absolute Gasteiger partial charge is 0.0245 e. The van der Waals surface area contributed by atoms with Crippen LogP contribution in [0.5, 0.6) is 0 Å². The fourth-order valence-corrected chi connectivity index (χ4v) is 3.80. The van der Waals surface area contributed by atoms with E-state index < -0.39 is 0 Å². The van der Waals surface area contributed by atoms with Crippen molar-refractivity contribution in [1.29, 1.82) is 0 Å². The molecule has 100 valence electrons. The number of thiophene rings is 1. The number of fused-ring (bicyclic) bond motifs is 1. The minimum absolute atomic E-state index is 1.16. The van der Waals surface area contributed by atoms with Crippen LogP contribution in [0.1, 0.15) is 16.9 Å². The molecule has 3 heterocycles. The standard InChI is InChI=1S/C14H23N3S/c1-4-15-5-8-16(6-1)9-10-17-7-2-14-13(12-17)3-11-18-14/h3,11,15H,1-2,4-10,12H2. The summed E-state index contributed by atoms with van der Waals surface area (Å²) in [6.07, 6.45) is 2.56. The first-order chi connectivity index (χ1) is 8.92. The highest BCUT2D eigenvalue weighted by molar-refractivity contribution is 7.10. The third-order valence-corrected chi connectivity index (χ3v) is 5.07. The molecule has 3 rings (SSSR count). The van der Waals surface area contributed by atoms with E-state index in [1.165, 1.54) is 58.7 Å². The van der Waals surface area contributed by atoms with Crippen molar-refractivity contribution in [2.75, 3.05) is 45.8 Å². The van der Waals surface area contributed by atoms with Gasteiger partial charge in [-0.05, 0) is 42.9 Å². The summed E-state index contributed by atoms with van der Waals surface area (Å²) in [7, 11) is 0. The highest BCUT2D eigenvalue weighted by atomic mass is 32.1. The molecule has 0 aliphatic carbocycles. The van der Waals surface area contributed by atoms with E-state index in [0.717, 1.165) is 6.54 Å². The summed E-state index contributed by atoms with van der Waals surface area (Å²) in [5, 5.41) is 5.72. The van der Waals surface area contributed by atoms with E-state index in [1.807, 2.05) is 11.3 Å². The summed E-state index contributed by atoms with van der Waals surface area (Å²) >= 11 is 1.93. The van der Waals surface area contributed by atoms with Gasteiger partial charge in [-0.3, -0.25) is 4.90 Å². The van der Waals surface area contributed by atoms with Crippen molar-refractivity contribution in [3.8, 4) is 0 Å². The highest BCUT2D eigenvalue weighted by Crippen LogP contribution is 2.23. The molecule has 2 aliphatic heterocycles. The molecule has 3 nitrogen and oxygen atoms in total. The summed E-state index contributed by atoms with van der Waals surface area (Å²) < 4.78 is 0. The van der Waals surface area contributed by atoms with Crippen LogP contribution in [0.3, 0.4) is 0 Å². The maximum Gasteiger partial charge on any atom is 0.0245 e. The fourth-order valence-electron chi connectivity index (χ4n) is 2.91. The van der Waals surface area contributed by atoms with E-state index in [2.05, 4.69) is 26.6 Å². The van der Waals surface area contributed by atoms with Gasteiger partial charge in [0, 0.05) is 44.1 Å². The topological polar surface area (TPSA) is 18.5 Å². The Labute approximate surface area is 114 Å². The Kier molecular flexibility index (Phi) is 4.31. The van der Waals surface area contributed by atoms with Crippen molar-refractivity contribution in [1.82, 2.24) is 15.1 Å². The minimum Gasteiger partial charge on any atom is -0.315 e.